The fraction of sp³-hybridized carbons (Fsp3) is 0.455. The molecule has 0 aromatic carbocycles. The van der Waals surface area contributed by atoms with E-state index in [9.17, 15) is 18.0 Å². The SMILES string of the molecule is CCOC(=O)c1ncc(NC2=CCC(C(F)(F)F)=CC=C2)c2c1C1CCC2CC1. The van der Waals surface area contributed by atoms with Crippen molar-refractivity contribution in [1.29, 1.82) is 0 Å². The molecule has 29 heavy (non-hydrogen) atoms. The maximum Gasteiger partial charge on any atom is 0.412 e. The highest BCUT2D eigenvalue weighted by Gasteiger charge is 2.39. The van der Waals surface area contributed by atoms with E-state index < -0.39 is 17.7 Å². The summed E-state index contributed by atoms with van der Waals surface area (Å²) in [5, 5.41) is 3.26. The number of alkyl halides is 3. The van der Waals surface area contributed by atoms with Crippen LogP contribution >= 0.6 is 0 Å². The van der Waals surface area contributed by atoms with Crippen molar-refractivity contribution in [3.63, 3.8) is 0 Å². The second-order valence-electron chi connectivity index (χ2n) is 7.65. The summed E-state index contributed by atoms with van der Waals surface area (Å²) in [5.41, 5.74) is 3.20. The van der Waals surface area contributed by atoms with Gasteiger partial charge in [-0.1, -0.05) is 18.2 Å². The molecule has 1 aromatic heterocycles. The Labute approximate surface area is 167 Å². The minimum absolute atomic E-state index is 0.193. The van der Waals surface area contributed by atoms with Gasteiger partial charge in [0.2, 0.25) is 0 Å². The first-order valence-corrected chi connectivity index (χ1v) is 10.00. The number of ether oxygens (including phenoxy) is 1. The highest BCUT2D eigenvalue weighted by atomic mass is 19.4. The summed E-state index contributed by atoms with van der Waals surface area (Å²) in [6.07, 6.45) is 6.91. The third-order valence-corrected chi connectivity index (χ3v) is 5.93. The van der Waals surface area contributed by atoms with Crippen LogP contribution in [0.1, 0.15) is 72.5 Å². The van der Waals surface area contributed by atoms with E-state index in [-0.39, 0.29) is 18.9 Å². The van der Waals surface area contributed by atoms with Crippen LogP contribution in [0.4, 0.5) is 18.9 Å². The number of fused-ring (bicyclic) bond motifs is 2. The van der Waals surface area contributed by atoms with Gasteiger partial charge in [0.25, 0.3) is 0 Å². The molecule has 4 nitrogen and oxygen atoms in total. The molecule has 0 atom stereocenters. The number of nitrogens with zero attached hydrogens (tertiary/aromatic N) is 1. The zero-order valence-corrected chi connectivity index (χ0v) is 16.2. The Balaban J connectivity index is 1.67. The number of hydrogen-bond acceptors (Lipinski definition) is 4. The van der Waals surface area contributed by atoms with Gasteiger partial charge in [0.15, 0.2) is 5.69 Å². The van der Waals surface area contributed by atoms with E-state index in [0.717, 1.165) is 48.6 Å². The predicted molar refractivity (Wildman–Crippen MR) is 104 cm³/mol. The van der Waals surface area contributed by atoms with Crippen molar-refractivity contribution in [3.05, 3.63) is 58.6 Å². The Bertz CT molecular complexity index is 907. The van der Waals surface area contributed by atoms with Crippen LogP contribution in [0, 0.1) is 0 Å². The van der Waals surface area contributed by atoms with Crippen molar-refractivity contribution in [2.75, 3.05) is 11.9 Å². The molecule has 7 heteroatoms. The highest BCUT2D eigenvalue weighted by Crippen LogP contribution is 2.52. The molecule has 1 N–H and O–H groups in total. The Morgan fingerprint density at radius 2 is 1.90 bits per heavy atom. The first kappa shape index (κ1) is 19.7. The average molecular weight is 404 g/mol. The van der Waals surface area contributed by atoms with Crippen molar-refractivity contribution >= 4 is 11.7 Å². The molecule has 4 aliphatic rings. The molecular formula is C22H23F3N2O2. The maximum atomic E-state index is 13.0. The van der Waals surface area contributed by atoms with Crippen molar-refractivity contribution in [2.24, 2.45) is 0 Å². The largest absolute Gasteiger partial charge is 0.461 e. The number of pyridine rings is 1. The number of halogens is 3. The molecule has 1 saturated carbocycles. The number of nitrogens with one attached hydrogen (secondary N) is 1. The van der Waals surface area contributed by atoms with E-state index in [2.05, 4.69) is 10.3 Å². The number of esters is 1. The van der Waals surface area contributed by atoms with Gasteiger partial charge < -0.3 is 10.1 Å². The van der Waals surface area contributed by atoms with Gasteiger partial charge in [0.1, 0.15) is 0 Å². The number of carbonyl (C=O) groups excluding carboxylic acids is 1. The molecule has 1 heterocycles. The van der Waals surface area contributed by atoms with Crippen LogP contribution in [0.15, 0.2) is 41.8 Å². The predicted octanol–water partition coefficient (Wildman–Crippen LogP) is 5.76. The third-order valence-electron chi connectivity index (χ3n) is 5.93. The Morgan fingerprint density at radius 3 is 2.55 bits per heavy atom. The van der Waals surface area contributed by atoms with E-state index in [1.54, 1.807) is 19.2 Å². The summed E-state index contributed by atoms with van der Waals surface area (Å²) in [7, 11) is 0. The van der Waals surface area contributed by atoms with E-state index in [1.165, 1.54) is 12.2 Å². The summed E-state index contributed by atoms with van der Waals surface area (Å²) in [5.74, 6) is 0.198. The third kappa shape index (κ3) is 3.82. The van der Waals surface area contributed by atoms with Crippen molar-refractivity contribution in [1.82, 2.24) is 4.98 Å². The van der Waals surface area contributed by atoms with Gasteiger partial charge in [0.05, 0.1) is 18.5 Å². The molecule has 5 rings (SSSR count). The molecule has 4 aliphatic carbocycles. The van der Waals surface area contributed by atoms with Crippen LogP contribution in [-0.4, -0.2) is 23.7 Å². The fourth-order valence-electron chi connectivity index (χ4n) is 4.61. The van der Waals surface area contributed by atoms with Crippen LogP contribution in [-0.2, 0) is 4.74 Å². The quantitative estimate of drug-likeness (QED) is 0.649. The molecule has 0 amide bonds. The van der Waals surface area contributed by atoms with Crippen LogP contribution < -0.4 is 5.32 Å². The lowest BCUT2D eigenvalue weighted by Gasteiger charge is -2.40. The van der Waals surface area contributed by atoms with E-state index in [4.69, 9.17) is 4.74 Å². The van der Waals surface area contributed by atoms with Crippen LogP contribution in [0.3, 0.4) is 0 Å². The van der Waals surface area contributed by atoms with Gasteiger partial charge in [-0.2, -0.15) is 13.2 Å². The second-order valence-corrected chi connectivity index (χ2v) is 7.65. The van der Waals surface area contributed by atoms with E-state index >= 15 is 0 Å². The van der Waals surface area contributed by atoms with Crippen LogP contribution in [0.25, 0.3) is 0 Å². The smallest absolute Gasteiger partial charge is 0.412 e. The number of anilines is 1. The summed E-state index contributed by atoms with van der Waals surface area (Å²) in [6, 6.07) is 0. The Hall–Kier alpha value is -2.57. The van der Waals surface area contributed by atoms with E-state index in [0.29, 0.717) is 17.3 Å². The minimum Gasteiger partial charge on any atom is -0.461 e. The van der Waals surface area contributed by atoms with Gasteiger partial charge in [-0.05, 0) is 68.1 Å². The van der Waals surface area contributed by atoms with E-state index in [1.807, 2.05) is 0 Å². The number of aromatic nitrogens is 1. The van der Waals surface area contributed by atoms with Crippen LogP contribution in [0.2, 0.25) is 0 Å². The fourth-order valence-corrected chi connectivity index (χ4v) is 4.61. The molecular weight excluding hydrogens is 381 g/mol. The van der Waals surface area contributed by atoms with Gasteiger partial charge in [0, 0.05) is 11.3 Å². The summed E-state index contributed by atoms with van der Waals surface area (Å²) in [6.45, 7) is 2.05. The lowest BCUT2D eigenvalue weighted by Crippen LogP contribution is -2.27. The van der Waals surface area contributed by atoms with Gasteiger partial charge in [-0.25, -0.2) is 9.78 Å². The summed E-state index contributed by atoms with van der Waals surface area (Å²) < 4.78 is 44.1. The first-order chi connectivity index (χ1) is 13.9. The molecule has 0 spiro atoms. The van der Waals surface area contributed by atoms with Crippen molar-refractivity contribution in [3.8, 4) is 0 Å². The van der Waals surface area contributed by atoms with Crippen molar-refractivity contribution in [2.45, 2.75) is 57.0 Å². The molecule has 154 valence electrons. The van der Waals surface area contributed by atoms with Gasteiger partial charge in [-0.15, -0.1) is 0 Å². The number of hydrogen-bond donors (Lipinski definition) is 1. The molecule has 0 aliphatic heterocycles. The van der Waals surface area contributed by atoms with Gasteiger partial charge >= 0.3 is 12.1 Å². The normalized spacial score (nSPS) is 23.0. The topological polar surface area (TPSA) is 51.2 Å². The number of rotatable bonds is 4. The average Bonchev–Trinajstić information content (AvgIpc) is 2.95. The Morgan fingerprint density at radius 1 is 1.21 bits per heavy atom. The van der Waals surface area contributed by atoms with Crippen LogP contribution in [0.5, 0.6) is 0 Å². The van der Waals surface area contributed by atoms with Gasteiger partial charge in [-0.3, -0.25) is 0 Å². The monoisotopic (exact) mass is 404 g/mol. The minimum atomic E-state index is -4.34. The van der Waals surface area contributed by atoms with Crippen molar-refractivity contribution < 1.29 is 22.7 Å². The molecule has 2 bridgehead atoms. The molecule has 0 unspecified atom stereocenters. The molecule has 0 radical (unpaired) electrons. The molecule has 1 aromatic rings. The first-order valence-electron chi connectivity index (χ1n) is 10.00. The standard InChI is InChI=1S/C22H23F3N2O2/c1-2-29-21(28)20-19-14-8-6-13(7-9-14)18(19)17(12-26-20)27-16-5-3-4-15(10-11-16)22(23,24)25/h3-5,11-14,27H,2,6-10H2,1H3. The number of allylic oxidation sites excluding steroid dienone is 5. The lowest BCUT2D eigenvalue weighted by atomic mass is 9.66. The summed E-state index contributed by atoms with van der Waals surface area (Å²) >= 11 is 0. The lowest BCUT2D eigenvalue weighted by molar-refractivity contribution is -0.0928. The Kier molecular flexibility index (Phi) is 5.23. The summed E-state index contributed by atoms with van der Waals surface area (Å²) in [4.78, 5) is 16.8. The molecule has 0 saturated heterocycles. The zero-order valence-electron chi connectivity index (χ0n) is 16.2. The highest BCUT2D eigenvalue weighted by molar-refractivity contribution is 5.91. The molecule has 1 fully saturated rings. The number of carbonyl (C=O) groups is 1. The maximum absolute atomic E-state index is 13.0. The second kappa shape index (κ2) is 7.69. The zero-order chi connectivity index (χ0) is 20.6.